The molecule has 0 unspecified atom stereocenters. The zero-order valence-electron chi connectivity index (χ0n) is 9.27. The molecular formula is C11H9F3N2O2. The lowest BCUT2D eigenvalue weighted by Gasteiger charge is -2.08. The van der Waals surface area contributed by atoms with Gasteiger partial charge >= 0.3 is 6.36 Å². The molecule has 2 rings (SSSR count). The first-order valence-electron chi connectivity index (χ1n) is 4.94. The number of halogens is 3. The van der Waals surface area contributed by atoms with Crippen LogP contribution in [0.4, 0.5) is 13.2 Å². The van der Waals surface area contributed by atoms with Crippen LogP contribution in [-0.2, 0) is 7.05 Å². The van der Waals surface area contributed by atoms with E-state index in [1.165, 1.54) is 35.0 Å². The minimum atomic E-state index is -4.70. The molecule has 18 heavy (non-hydrogen) atoms. The highest BCUT2D eigenvalue weighted by Gasteiger charge is 2.30. The third kappa shape index (κ3) is 2.73. The van der Waals surface area contributed by atoms with Gasteiger partial charge in [0.25, 0.3) is 0 Å². The fourth-order valence-corrected chi connectivity index (χ4v) is 1.43. The van der Waals surface area contributed by atoms with Crippen LogP contribution in [0.25, 0.3) is 11.3 Å². The number of benzene rings is 1. The maximum Gasteiger partial charge on any atom is 0.573 e. The third-order valence-corrected chi connectivity index (χ3v) is 2.24. The van der Waals surface area contributed by atoms with Crippen LogP contribution in [0.5, 0.6) is 11.6 Å². The Kier molecular flexibility index (Phi) is 2.90. The van der Waals surface area contributed by atoms with Gasteiger partial charge in [0, 0.05) is 18.7 Å². The van der Waals surface area contributed by atoms with Crippen LogP contribution >= 0.6 is 0 Å². The maximum absolute atomic E-state index is 12.0. The summed E-state index contributed by atoms with van der Waals surface area (Å²) in [4.78, 5) is 0. The fraction of sp³-hybridized carbons (Fsp3) is 0.182. The number of alkyl halides is 3. The van der Waals surface area contributed by atoms with E-state index in [9.17, 15) is 18.3 Å². The van der Waals surface area contributed by atoms with Gasteiger partial charge in [-0.2, -0.15) is 5.10 Å². The molecule has 0 aliphatic heterocycles. The van der Waals surface area contributed by atoms with Crippen molar-refractivity contribution in [1.82, 2.24) is 9.78 Å². The van der Waals surface area contributed by atoms with E-state index in [4.69, 9.17) is 0 Å². The van der Waals surface area contributed by atoms with Gasteiger partial charge in [0.15, 0.2) is 0 Å². The Bertz CT molecular complexity index is 527. The number of hydrogen-bond donors (Lipinski definition) is 1. The number of nitrogens with zero attached hydrogens (tertiary/aromatic N) is 2. The Balaban J connectivity index is 2.22. The van der Waals surface area contributed by atoms with Crippen LogP contribution in [-0.4, -0.2) is 21.2 Å². The summed E-state index contributed by atoms with van der Waals surface area (Å²) < 4.78 is 40.9. The van der Waals surface area contributed by atoms with Crippen LogP contribution in [0, 0.1) is 0 Å². The summed E-state index contributed by atoms with van der Waals surface area (Å²) in [5, 5.41) is 13.3. The monoisotopic (exact) mass is 258 g/mol. The SMILES string of the molecule is Cn1nc(-c2ccc(OC(F)(F)F)cc2)cc1O. The number of aromatic nitrogens is 2. The van der Waals surface area contributed by atoms with Crippen LogP contribution in [0.3, 0.4) is 0 Å². The van der Waals surface area contributed by atoms with E-state index in [1.54, 1.807) is 7.05 Å². The van der Waals surface area contributed by atoms with E-state index in [0.717, 1.165) is 0 Å². The standard InChI is InChI=1S/C11H9F3N2O2/c1-16-10(17)6-9(15-16)7-2-4-8(5-3-7)18-11(12,13)14/h2-6,17H,1H3. The van der Waals surface area contributed by atoms with E-state index >= 15 is 0 Å². The number of ether oxygens (including phenoxy) is 1. The zero-order valence-corrected chi connectivity index (χ0v) is 9.27. The van der Waals surface area contributed by atoms with Crippen molar-refractivity contribution in [3.63, 3.8) is 0 Å². The average Bonchev–Trinajstić information content (AvgIpc) is 2.58. The number of aromatic hydroxyl groups is 1. The van der Waals surface area contributed by atoms with Crippen molar-refractivity contribution >= 4 is 0 Å². The molecule has 0 amide bonds. The van der Waals surface area contributed by atoms with E-state index in [2.05, 4.69) is 9.84 Å². The molecule has 7 heteroatoms. The van der Waals surface area contributed by atoms with Crippen LogP contribution in [0.1, 0.15) is 0 Å². The highest BCUT2D eigenvalue weighted by atomic mass is 19.4. The molecule has 4 nitrogen and oxygen atoms in total. The quantitative estimate of drug-likeness (QED) is 0.900. The van der Waals surface area contributed by atoms with Crippen molar-refractivity contribution in [2.24, 2.45) is 7.05 Å². The van der Waals surface area contributed by atoms with Crippen molar-refractivity contribution in [3.05, 3.63) is 30.3 Å². The van der Waals surface area contributed by atoms with Gasteiger partial charge in [-0.1, -0.05) is 0 Å². The first kappa shape index (κ1) is 12.3. The minimum Gasteiger partial charge on any atom is -0.493 e. The number of rotatable bonds is 2. The van der Waals surface area contributed by atoms with E-state index in [1.807, 2.05) is 0 Å². The Morgan fingerprint density at radius 3 is 2.28 bits per heavy atom. The molecular weight excluding hydrogens is 249 g/mol. The molecule has 0 aliphatic carbocycles. The van der Waals surface area contributed by atoms with Crippen molar-refractivity contribution < 1.29 is 23.0 Å². The Morgan fingerprint density at radius 1 is 1.22 bits per heavy atom. The molecule has 0 saturated carbocycles. The van der Waals surface area contributed by atoms with Gasteiger partial charge in [-0.3, -0.25) is 0 Å². The second-order valence-corrected chi connectivity index (χ2v) is 3.58. The smallest absolute Gasteiger partial charge is 0.493 e. The molecule has 0 spiro atoms. The largest absolute Gasteiger partial charge is 0.573 e. The number of hydrogen-bond acceptors (Lipinski definition) is 3. The molecule has 1 heterocycles. The predicted octanol–water partition coefficient (Wildman–Crippen LogP) is 2.69. The fourth-order valence-electron chi connectivity index (χ4n) is 1.43. The molecule has 2 aromatic rings. The summed E-state index contributed by atoms with van der Waals surface area (Å²) >= 11 is 0. The van der Waals surface area contributed by atoms with Crippen molar-refractivity contribution in [3.8, 4) is 22.9 Å². The molecule has 1 N–H and O–H groups in total. The summed E-state index contributed by atoms with van der Waals surface area (Å²) in [7, 11) is 1.56. The van der Waals surface area contributed by atoms with Gasteiger partial charge in [0.2, 0.25) is 5.88 Å². The minimum absolute atomic E-state index is 0.0272. The third-order valence-electron chi connectivity index (χ3n) is 2.24. The molecule has 1 aromatic carbocycles. The van der Waals surface area contributed by atoms with Crippen molar-refractivity contribution in [2.75, 3.05) is 0 Å². The topological polar surface area (TPSA) is 47.3 Å². The summed E-state index contributed by atoms with van der Waals surface area (Å²) in [5.74, 6) is -0.327. The lowest BCUT2D eigenvalue weighted by Crippen LogP contribution is -2.16. The lowest BCUT2D eigenvalue weighted by atomic mass is 10.1. The second-order valence-electron chi connectivity index (χ2n) is 3.58. The zero-order chi connectivity index (χ0) is 13.3. The van der Waals surface area contributed by atoms with Crippen molar-refractivity contribution in [1.29, 1.82) is 0 Å². The average molecular weight is 258 g/mol. The van der Waals surface area contributed by atoms with Crippen molar-refractivity contribution in [2.45, 2.75) is 6.36 Å². The lowest BCUT2D eigenvalue weighted by molar-refractivity contribution is -0.274. The molecule has 0 atom stereocenters. The van der Waals surface area contributed by atoms with Crippen LogP contribution < -0.4 is 4.74 Å². The Morgan fingerprint density at radius 2 is 1.83 bits per heavy atom. The summed E-state index contributed by atoms with van der Waals surface area (Å²) in [6.07, 6.45) is -4.70. The number of aryl methyl sites for hydroxylation is 1. The van der Waals surface area contributed by atoms with E-state index in [-0.39, 0.29) is 11.6 Å². The molecule has 96 valence electrons. The first-order valence-corrected chi connectivity index (χ1v) is 4.94. The van der Waals surface area contributed by atoms with Crippen LogP contribution in [0.2, 0.25) is 0 Å². The summed E-state index contributed by atoms with van der Waals surface area (Å²) in [5.41, 5.74) is 1.05. The molecule has 1 aromatic heterocycles. The van der Waals surface area contributed by atoms with Gasteiger partial charge < -0.3 is 9.84 Å². The van der Waals surface area contributed by atoms with E-state index < -0.39 is 6.36 Å². The molecule has 0 fully saturated rings. The Labute approximate surface area is 100 Å². The van der Waals surface area contributed by atoms with Gasteiger partial charge in [0.1, 0.15) is 5.75 Å². The molecule has 0 saturated heterocycles. The Hall–Kier alpha value is -2.18. The predicted molar refractivity (Wildman–Crippen MR) is 57.0 cm³/mol. The van der Waals surface area contributed by atoms with E-state index in [0.29, 0.717) is 11.3 Å². The first-order chi connectivity index (χ1) is 8.35. The van der Waals surface area contributed by atoms with Gasteiger partial charge in [-0.05, 0) is 24.3 Å². The van der Waals surface area contributed by atoms with Gasteiger partial charge in [0.05, 0.1) is 5.69 Å². The molecule has 0 bridgehead atoms. The van der Waals surface area contributed by atoms with Gasteiger partial charge in [-0.25, -0.2) is 4.68 Å². The van der Waals surface area contributed by atoms with Gasteiger partial charge in [-0.15, -0.1) is 13.2 Å². The highest BCUT2D eigenvalue weighted by molar-refractivity contribution is 5.61. The van der Waals surface area contributed by atoms with Crippen LogP contribution in [0.15, 0.2) is 30.3 Å². The maximum atomic E-state index is 12.0. The molecule has 0 radical (unpaired) electrons. The summed E-state index contributed by atoms with van der Waals surface area (Å²) in [6, 6.07) is 6.66. The second kappa shape index (κ2) is 4.25. The molecule has 0 aliphatic rings. The highest BCUT2D eigenvalue weighted by Crippen LogP contribution is 2.27. The normalized spacial score (nSPS) is 11.6. The summed E-state index contributed by atoms with van der Waals surface area (Å²) in [6.45, 7) is 0.